The molecule has 7 nitrogen and oxygen atoms in total. The lowest BCUT2D eigenvalue weighted by Crippen LogP contribution is -2.36. The summed E-state index contributed by atoms with van der Waals surface area (Å²) >= 11 is 0. The quantitative estimate of drug-likeness (QED) is 0.692. The lowest BCUT2D eigenvalue weighted by molar-refractivity contribution is -0.145. The van der Waals surface area contributed by atoms with Gasteiger partial charge in [0.25, 0.3) is 0 Å². The van der Waals surface area contributed by atoms with Gasteiger partial charge in [-0.25, -0.2) is 0 Å². The molecule has 0 saturated carbocycles. The monoisotopic (exact) mass is 396 g/mol. The average Bonchev–Trinajstić information content (AvgIpc) is 3.14. The zero-order chi connectivity index (χ0) is 20.6. The van der Waals surface area contributed by atoms with Crippen LogP contribution in [-0.2, 0) is 25.7 Å². The highest BCUT2D eigenvalue weighted by atomic mass is 16.5. The number of rotatable bonds is 8. The molecule has 0 radical (unpaired) electrons. The Bertz CT molecular complexity index is 851. The first-order valence-corrected chi connectivity index (χ1v) is 9.57. The van der Waals surface area contributed by atoms with Gasteiger partial charge >= 0.3 is 5.97 Å². The van der Waals surface area contributed by atoms with Crippen LogP contribution in [0, 0.1) is 5.92 Å². The number of hydrogen-bond acceptors (Lipinski definition) is 5. The first-order chi connectivity index (χ1) is 14.1. The van der Waals surface area contributed by atoms with Crippen LogP contribution in [0.4, 0.5) is 5.69 Å². The molecule has 0 aliphatic carbocycles. The Kier molecular flexibility index (Phi) is 6.84. The molecule has 2 amide bonds. The summed E-state index contributed by atoms with van der Waals surface area (Å²) in [4.78, 5) is 38.1. The van der Waals surface area contributed by atoms with E-state index in [2.05, 4.69) is 5.32 Å². The number of nitrogens with zero attached hydrogens (tertiary/aromatic N) is 1. The van der Waals surface area contributed by atoms with Crippen molar-refractivity contribution in [2.75, 3.05) is 24.6 Å². The molecule has 152 valence electrons. The van der Waals surface area contributed by atoms with Crippen LogP contribution >= 0.6 is 0 Å². The average molecular weight is 396 g/mol. The number of nitrogens with one attached hydrogen (secondary N) is 1. The molecule has 0 bridgehead atoms. The van der Waals surface area contributed by atoms with Gasteiger partial charge in [0, 0.05) is 18.7 Å². The largest absolute Gasteiger partial charge is 0.494 e. The van der Waals surface area contributed by atoms with E-state index in [1.54, 1.807) is 29.2 Å². The maximum Gasteiger partial charge on any atom is 0.325 e. The number of carbonyl (C=O) groups excluding carboxylic acids is 3. The number of benzene rings is 2. The summed E-state index contributed by atoms with van der Waals surface area (Å²) in [5.74, 6) is -0.749. The molecule has 1 N–H and O–H groups in total. The van der Waals surface area contributed by atoms with Gasteiger partial charge in [0.2, 0.25) is 11.8 Å². The fourth-order valence-corrected chi connectivity index (χ4v) is 3.11. The Labute approximate surface area is 169 Å². The summed E-state index contributed by atoms with van der Waals surface area (Å²) in [7, 11) is 0. The van der Waals surface area contributed by atoms with Crippen LogP contribution in [0.25, 0.3) is 0 Å². The fourth-order valence-electron chi connectivity index (χ4n) is 3.11. The second kappa shape index (κ2) is 9.73. The van der Waals surface area contributed by atoms with Crippen LogP contribution in [0.1, 0.15) is 18.9 Å². The Hall–Kier alpha value is -3.35. The lowest BCUT2D eigenvalue weighted by atomic mass is 10.1. The van der Waals surface area contributed by atoms with E-state index in [9.17, 15) is 14.4 Å². The molecular weight excluding hydrogens is 372 g/mol. The Balaban J connectivity index is 1.46. The third-order valence-corrected chi connectivity index (χ3v) is 4.60. The molecule has 1 saturated heterocycles. The zero-order valence-electron chi connectivity index (χ0n) is 16.3. The van der Waals surface area contributed by atoms with Gasteiger partial charge in [-0.05, 0) is 36.8 Å². The second-order valence-corrected chi connectivity index (χ2v) is 6.70. The summed E-state index contributed by atoms with van der Waals surface area (Å²) in [5.41, 5.74) is 1.59. The summed E-state index contributed by atoms with van der Waals surface area (Å²) in [6.07, 6.45) is 0.109. The minimum atomic E-state index is -0.519. The normalized spacial score (nSPS) is 15.8. The molecule has 0 aromatic heterocycles. The van der Waals surface area contributed by atoms with E-state index in [-0.39, 0.29) is 37.9 Å². The minimum Gasteiger partial charge on any atom is -0.494 e. The van der Waals surface area contributed by atoms with Gasteiger partial charge in [-0.1, -0.05) is 30.3 Å². The maximum atomic E-state index is 12.4. The summed E-state index contributed by atoms with van der Waals surface area (Å²) in [5, 5.41) is 2.57. The van der Waals surface area contributed by atoms with Crippen LogP contribution in [0.15, 0.2) is 54.6 Å². The van der Waals surface area contributed by atoms with E-state index >= 15 is 0 Å². The summed E-state index contributed by atoms with van der Waals surface area (Å²) in [6.45, 7) is 2.68. The number of anilines is 1. The van der Waals surface area contributed by atoms with Crippen molar-refractivity contribution in [3.8, 4) is 5.75 Å². The number of amides is 2. The molecule has 7 heteroatoms. The highest BCUT2D eigenvalue weighted by Gasteiger charge is 2.35. The SMILES string of the molecule is CCOc1ccc(N2C[C@@H](C(=O)NCC(=O)OCc3ccccc3)CC2=O)cc1. The van der Waals surface area contributed by atoms with Crippen molar-refractivity contribution in [1.29, 1.82) is 0 Å². The third-order valence-electron chi connectivity index (χ3n) is 4.60. The highest BCUT2D eigenvalue weighted by Crippen LogP contribution is 2.27. The standard InChI is InChI=1S/C22H24N2O5/c1-2-28-19-10-8-18(9-11-19)24-14-17(12-20(24)25)22(27)23-13-21(26)29-15-16-6-4-3-5-7-16/h3-11,17H,2,12-15H2,1H3,(H,23,27)/t17-/m0/s1. The smallest absolute Gasteiger partial charge is 0.325 e. The van der Waals surface area contributed by atoms with Gasteiger partial charge in [0.1, 0.15) is 18.9 Å². The zero-order valence-corrected chi connectivity index (χ0v) is 16.3. The van der Waals surface area contributed by atoms with Crippen molar-refractivity contribution in [1.82, 2.24) is 5.32 Å². The topological polar surface area (TPSA) is 84.9 Å². The molecule has 1 aliphatic heterocycles. The number of esters is 1. The van der Waals surface area contributed by atoms with Crippen LogP contribution < -0.4 is 15.0 Å². The minimum absolute atomic E-state index is 0.109. The predicted molar refractivity (Wildman–Crippen MR) is 107 cm³/mol. The third kappa shape index (κ3) is 5.57. The van der Waals surface area contributed by atoms with Gasteiger partial charge in [0.15, 0.2) is 0 Å². The highest BCUT2D eigenvalue weighted by molar-refractivity contribution is 6.00. The molecule has 0 spiro atoms. The molecule has 0 unspecified atom stereocenters. The van der Waals surface area contributed by atoms with Gasteiger partial charge in [-0.3, -0.25) is 14.4 Å². The summed E-state index contributed by atoms with van der Waals surface area (Å²) in [6, 6.07) is 16.5. The number of ether oxygens (including phenoxy) is 2. The first-order valence-electron chi connectivity index (χ1n) is 9.57. The van der Waals surface area contributed by atoms with Crippen molar-refractivity contribution in [2.24, 2.45) is 5.92 Å². The molecule has 29 heavy (non-hydrogen) atoms. The van der Waals surface area contributed by atoms with Crippen LogP contribution in [-0.4, -0.2) is 37.5 Å². The number of hydrogen-bond donors (Lipinski definition) is 1. The predicted octanol–water partition coefficient (Wildman–Crippen LogP) is 2.30. The van der Waals surface area contributed by atoms with Crippen molar-refractivity contribution >= 4 is 23.5 Å². The second-order valence-electron chi connectivity index (χ2n) is 6.70. The molecule has 1 aliphatic rings. The van der Waals surface area contributed by atoms with Crippen molar-refractivity contribution < 1.29 is 23.9 Å². The van der Waals surface area contributed by atoms with E-state index in [4.69, 9.17) is 9.47 Å². The van der Waals surface area contributed by atoms with Gasteiger partial charge in [-0.2, -0.15) is 0 Å². The van der Waals surface area contributed by atoms with Crippen molar-refractivity contribution in [3.63, 3.8) is 0 Å². The fraction of sp³-hybridized carbons (Fsp3) is 0.318. The van der Waals surface area contributed by atoms with E-state index in [0.29, 0.717) is 6.61 Å². The van der Waals surface area contributed by atoms with Crippen LogP contribution in [0.3, 0.4) is 0 Å². The maximum absolute atomic E-state index is 12.4. The van der Waals surface area contributed by atoms with Gasteiger partial charge in [-0.15, -0.1) is 0 Å². The van der Waals surface area contributed by atoms with Gasteiger partial charge < -0.3 is 19.7 Å². The van der Waals surface area contributed by atoms with Crippen molar-refractivity contribution in [2.45, 2.75) is 20.0 Å². The molecule has 3 rings (SSSR count). The van der Waals surface area contributed by atoms with E-state index < -0.39 is 11.9 Å². The summed E-state index contributed by atoms with van der Waals surface area (Å²) < 4.78 is 10.5. The van der Waals surface area contributed by atoms with Gasteiger partial charge in [0.05, 0.1) is 12.5 Å². The molecule has 1 atom stereocenters. The Morgan fingerprint density at radius 3 is 2.52 bits per heavy atom. The van der Waals surface area contributed by atoms with E-state index in [0.717, 1.165) is 17.0 Å². The van der Waals surface area contributed by atoms with E-state index in [1.165, 1.54) is 0 Å². The van der Waals surface area contributed by atoms with E-state index in [1.807, 2.05) is 37.3 Å². The molecule has 2 aromatic rings. The van der Waals surface area contributed by atoms with Crippen molar-refractivity contribution in [3.05, 3.63) is 60.2 Å². The molecule has 2 aromatic carbocycles. The van der Waals surface area contributed by atoms with Crippen LogP contribution in [0.5, 0.6) is 5.75 Å². The van der Waals surface area contributed by atoms with Crippen LogP contribution in [0.2, 0.25) is 0 Å². The Morgan fingerprint density at radius 1 is 1.10 bits per heavy atom. The lowest BCUT2D eigenvalue weighted by Gasteiger charge is -2.17. The Morgan fingerprint density at radius 2 is 1.83 bits per heavy atom. The molecule has 1 heterocycles. The molecular formula is C22H24N2O5. The number of carbonyl (C=O) groups is 3. The molecule has 1 fully saturated rings. The first kappa shape index (κ1) is 20.4.